The van der Waals surface area contributed by atoms with Crippen molar-refractivity contribution in [1.82, 2.24) is 15.0 Å². The first-order valence-electron chi connectivity index (χ1n) is 9.48. The van der Waals surface area contributed by atoms with E-state index in [0.717, 1.165) is 28.6 Å². The minimum absolute atomic E-state index is 0.744. The monoisotopic (exact) mass is 391 g/mol. The lowest BCUT2D eigenvalue weighted by Crippen LogP contribution is -2.37. The number of nitrogens with zero attached hydrogens (tertiary/aromatic N) is 3. The topological polar surface area (TPSA) is 38.7 Å². The second-order valence-electron chi connectivity index (χ2n) is 9.18. The highest BCUT2D eigenvalue weighted by molar-refractivity contribution is 6.89. The van der Waals surface area contributed by atoms with Crippen LogP contribution in [0.1, 0.15) is 5.82 Å². The molecule has 0 saturated heterocycles. The lowest BCUT2D eigenvalue weighted by Gasteiger charge is -2.17. The fraction of sp³-hybridized carbons (Fsp3) is 0.318. The van der Waals surface area contributed by atoms with Crippen LogP contribution < -0.4 is 10.4 Å². The van der Waals surface area contributed by atoms with Crippen molar-refractivity contribution in [2.45, 2.75) is 46.2 Å². The molecular weight excluding hydrogens is 362 g/mol. The first-order chi connectivity index (χ1) is 12.5. The molecule has 0 aliphatic carbocycles. The maximum Gasteiger partial charge on any atom is 0.163 e. The highest BCUT2D eigenvalue weighted by atomic mass is 28.3. The van der Waals surface area contributed by atoms with Crippen LogP contribution in [0.25, 0.3) is 22.8 Å². The van der Waals surface area contributed by atoms with Gasteiger partial charge < -0.3 is 0 Å². The standard InChI is InChI=1S/C22H29N3Si2/c1-16-23-21(17-8-12-19(13-9-17)26(2,3)4)25-22(24-16)18-10-14-20(15-11-18)27(5,6)7/h8-15H,1-7H3. The minimum Gasteiger partial charge on any atom is -0.213 e. The van der Waals surface area contributed by atoms with E-state index < -0.39 is 16.1 Å². The van der Waals surface area contributed by atoms with Gasteiger partial charge in [-0.15, -0.1) is 0 Å². The van der Waals surface area contributed by atoms with Gasteiger partial charge in [-0.1, -0.05) is 98.2 Å². The summed E-state index contributed by atoms with van der Waals surface area (Å²) in [6, 6.07) is 17.5. The van der Waals surface area contributed by atoms with Crippen LogP contribution in [-0.2, 0) is 0 Å². The fourth-order valence-corrected chi connectivity index (χ4v) is 5.31. The summed E-state index contributed by atoms with van der Waals surface area (Å²) in [7, 11) is -2.60. The van der Waals surface area contributed by atoms with Gasteiger partial charge in [0.25, 0.3) is 0 Å². The van der Waals surface area contributed by atoms with Gasteiger partial charge in [0.1, 0.15) is 5.82 Å². The highest BCUT2D eigenvalue weighted by Crippen LogP contribution is 2.20. The maximum atomic E-state index is 4.76. The smallest absolute Gasteiger partial charge is 0.163 e. The summed E-state index contributed by atoms with van der Waals surface area (Å²) in [5.41, 5.74) is 2.09. The van der Waals surface area contributed by atoms with E-state index in [1.807, 2.05) is 6.92 Å². The van der Waals surface area contributed by atoms with Crippen LogP contribution in [-0.4, -0.2) is 31.1 Å². The van der Waals surface area contributed by atoms with Gasteiger partial charge in [-0.3, -0.25) is 0 Å². The summed E-state index contributed by atoms with van der Waals surface area (Å²) in [4.78, 5) is 13.9. The SMILES string of the molecule is Cc1nc(-c2ccc([Si](C)(C)C)cc2)nc(-c2ccc([Si](C)(C)C)cc2)n1. The largest absolute Gasteiger partial charge is 0.213 e. The van der Waals surface area contributed by atoms with Gasteiger partial charge in [-0.25, -0.2) is 15.0 Å². The molecule has 0 atom stereocenters. The van der Waals surface area contributed by atoms with E-state index in [4.69, 9.17) is 4.98 Å². The molecule has 0 saturated carbocycles. The Kier molecular flexibility index (Phi) is 5.19. The van der Waals surface area contributed by atoms with E-state index >= 15 is 0 Å². The van der Waals surface area contributed by atoms with E-state index in [9.17, 15) is 0 Å². The van der Waals surface area contributed by atoms with Crippen LogP contribution in [0.4, 0.5) is 0 Å². The Labute approximate surface area is 165 Å². The Bertz CT molecular complexity index is 860. The van der Waals surface area contributed by atoms with Crippen molar-refractivity contribution in [1.29, 1.82) is 0 Å². The molecule has 0 N–H and O–H groups in total. The average Bonchev–Trinajstić information content (AvgIpc) is 2.60. The van der Waals surface area contributed by atoms with Crippen molar-refractivity contribution >= 4 is 26.5 Å². The van der Waals surface area contributed by atoms with Crippen LogP contribution in [0.2, 0.25) is 39.3 Å². The van der Waals surface area contributed by atoms with Crippen molar-refractivity contribution in [2.24, 2.45) is 0 Å². The third kappa shape index (κ3) is 4.60. The van der Waals surface area contributed by atoms with Crippen LogP contribution in [0.3, 0.4) is 0 Å². The molecule has 3 aromatic rings. The average molecular weight is 392 g/mol. The lowest BCUT2D eigenvalue weighted by molar-refractivity contribution is 0.992. The second-order valence-corrected chi connectivity index (χ2v) is 19.3. The zero-order valence-electron chi connectivity index (χ0n) is 17.5. The Balaban J connectivity index is 1.97. The molecule has 0 fully saturated rings. The molecule has 0 amide bonds. The second kappa shape index (κ2) is 7.13. The van der Waals surface area contributed by atoms with Crippen molar-refractivity contribution in [3.63, 3.8) is 0 Å². The summed E-state index contributed by atoms with van der Waals surface area (Å²) in [6.45, 7) is 16.1. The van der Waals surface area contributed by atoms with Gasteiger partial charge >= 0.3 is 0 Å². The number of benzene rings is 2. The van der Waals surface area contributed by atoms with Crippen LogP contribution in [0.5, 0.6) is 0 Å². The summed E-state index contributed by atoms with van der Waals surface area (Å²) in [5.74, 6) is 2.24. The van der Waals surface area contributed by atoms with E-state index in [0.29, 0.717) is 0 Å². The Morgan fingerprint density at radius 1 is 0.519 bits per heavy atom. The zero-order chi connectivity index (χ0) is 19.8. The van der Waals surface area contributed by atoms with Gasteiger partial charge in [0.2, 0.25) is 0 Å². The Hall–Kier alpha value is -2.12. The quantitative estimate of drug-likeness (QED) is 0.610. The molecule has 3 nitrogen and oxygen atoms in total. The third-order valence-electron chi connectivity index (χ3n) is 4.77. The van der Waals surface area contributed by atoms with Gasteiger partial charge in [0.15, 0.2) is 11.6 Å². The number of aryl methyl sites for hydroxylation is 1. The van der Waals surface area contributed by atoms with E-state index in [2.05, 4.69) is 97.8 Å². The molecule has 1 heterocycles. The molecule has 0 bridgehead atoms. The van der Waals surface area contributed by atoms with E-state index in [1.165, 1.54) is 10.4 Å². The molecule has 2 aromatic carbocycles. The molecule has 3 rings (SSSR count). The summed E-state index contributed by atoms with van der Waals surface area (Å²) < 4.78 is 0. The van der Waals surface area contributed by atoms with Gasteiger partial charge in [0, 0.05) is 11.1 Å². The van der Waals surface area contributed by atoms with Crippen molar-refractivity contribution in [2.75, 3.05) is 0 Å². The van der Waals surface area contributed by atoms with Gasteiger partial charge in [-0.2, -0.15) is 0 Å². The molecule has 0 aliphatic heterocycles. The maximum absolute atomic E-state index is 4.76. The molecule has 1 aromatic heterocycles. The van der Waals surface area contributed by atoms with Crippen LogP contribution >= 0.6 is 0 Å². The van der Waals surface area contributed by atoms with Crippen molar-refractivity contribution < 1.29 is 0 Å². The normalized spacial score (nSPS) is 12.3. The predicted octanol–water partition coefficient (Wildman–Crippen LogP) is 4.60. The third-order valence-corrected chi connectivity index (χ3v) is 8.90. The van der Waals surface area contributed by atoms with Crippen molar-refractivity contribution in [3.05, 3.63) is 54.4 Å². The van der Waals surface area contributed by atoms with E-state index in [1.54, 1.807) is 0 Å². The first kappa shape index (κ1) is 19.6. The molecule has 5 heteroatoms. The number of aromatic nitrogens is 3. The number of hydrogen-bond donors (Lipinski definition) is 0. The molecular formula is C22H29N3Si2. The molecule has 140 valence electrons. The Morgan fingerprint density at radius 2 is 0.852 bits per heavy atom. The molecule has 0 spiro atoms. The fourth-order valence-electron chi connectivity index (χ4n) is 2.98. The van der Waals surface area contributed by atoms with Gasteiger partial charge in [0.05, 0.1) is 16.1 Å². The first-order valence-corrected chi connectivity index (χ1v) is 16.5. The van der Waals surface area contributed by atoms with Crippen LogP contribution in [0.15, 0.2) is 48.5 Å². The summed E-state index contributed by atoms with van der Waals surface area (Å²) in [5, 5.41) is 2.89. The zero-order valence-corrected chi connectivity index (χ0v) is 19.5. The lowest BCUT2D eigenvalue weighted by atomic mass is 10.2. The van der Waals surface area contributed by atoms with Crippen molar-refractivity contribution in [3.8, 4) is 22.8 Å². The molecule has 27 heavy (non-hydrogen) atoms. The molecule has 0 radical (unpaired) electrons. The Morgan fingerprint density at radius 3 is 1.15 bits per heavy atom. The number of rotatable bonds is 4. The molecule has 0 unspecified atom stereocenters. The predicted molar refractivity (Wildman–Crippen MR) is 121 cm³/mol. The number of hydrogen-bond acceptors (Lipinski definition) is 3. The molecule has 0 aliphatic rings. The van der Waals surface area contributed by atoms with Crippen LogP contribution in [0, 0.1) is 6.92 Å². The highest BCUT2D eigenvalue weighted by Gasteiger charge is 2.18. The van der Waals surface area contributed by atoms with Gasteiger partial charge in [-0.05, 0) is 6.92 Å². The minimum atomic E-state index is -1.30. The van der Waals surface area contributed by atoms with E-state index in [-0.39, 0.29) is 0 Å². The summed E-state index contributed by atoms with van der Waals surface area (Å²) >= 11 is 0. The summed E-state index contributed by atoms with van der Waals surface area (Å²) in [6.07, 6.45) is 0.